The Balaban J connectivity index is 1.65. The molecule has 0 aliphatic heterocycles. The van der Waals surface area contributed by atoms with Gasteiger partial charge in [0.2, 0.25) is 0 Å². The van der Waals surface area contributed by atoms with Crippen LogP contribution in [0, 0.1) is 0 Å². The zero-order chi connectivity index (χ0) is 13.5. The molecule has 0 spiro atoms. The highest BCUT2D eigenvalue weighted by atomic mass is 32.1. The molecule has 3 nitrogen and oxygen atoms in total. The van der Waals surface area contributed by atoms with Crippen LogP contribution in [-0.2, 0) is 4.74 Å². The summed E-state index contributed by atoms with van der Waals surface area (Å²) in [4.78, 5) is 1.34. The maximum atomic E-state index is 9.97. The fraction of sp³-hybridized carbons (Fsp3) is 0.733. The summed E-state index contributed by atoms with van der Waals surface area (Å²) in [7, 11) is 0. The van der Waals surface area contributed by atoms with Crippen molar-refractivity contribution in [1.82, 2.24) is 5.32 Å². The molecule has 108 valence electrons. The molecule has 1 fully saturated rings. The van der Waals surface area contributed by atoms with Crippen LogP contribution >= 0.6 is 11.3 Å². The van der Waals surface area contributed by atoms with Crippen molar-refractivity contribution in [2.45, 2.75) is 57.3 Å². The quantitative estimate of drug-likeness (QED) is 0.770. The van der Waals surface area contributed by atoms with Crippen molar-refractivity contribution in [2.75, 3.05) is 13.2 Å². The van der Waals surface area contributed by atoms with Crippen LogP contribution in [-0.4, -0.2) is 30.5 Å². The van der Waals surface area contributed by atoms with Gasteiger partial charge in [0.25, 0.3) is 0 Å². The molecule has 4 heteroatoms. The van der Waals surface area contributed by atoms with E-state index >= 15 is 0 Å². The Bertz CT molecular complexity index is 336. The topological polar surface area (TPSA) is 41.5 Å². The first-order valence-electron chi connectivity index (χ1n) is 7.36. The average Bonchev–Trinajstić information content (AvgIpc) is 3.10. The van der Waals surface area contributed by atoms with E-state index in [1.807, 2.05) is 0 Å². The Morgan fingerprint density at radius 1 is 1.47 bits per heavy atom. The molecule has 1 heterocycles. The van der Waals surface area contributed by atoms with Crippen molar-refractivity contribution in [1.29, 1.82) is 0 Å². The van der Waals surface area contributed by atoms with E-state index in [2.05, 4.69) is 29.8 Å². The fourth-order valence-corrected chi connectivity index (χ4v) is 3.46. The monoisotopic (exact) mass is 283 g/mol. The highest BCUT2D eigenvalue weighted by Crippen LogP contribution is 2.22. The molecule has 0 bridgehead atoms. The zero-order valence-corrected chi connectivity index (χ0v) is 12.5. The minimum absolute atomic E-state index is 0.348. The molecule has 0 aromatic carbocycles. The number of rotatable bonds is 8. The van der Waals surface area contributed by atoms with Gasteiger partial charge in [-0.05, 0) is 30.7 Å². The normalized spacial score (nSPS) is 19.7. The van der Waals surface area contributed by atoms with Gasteiger partial charge in [0, 0.05) is 17.5 Å². The number of ether oxygens (including phenoxy) is 1. The van der Waals surface area contributed by atoms with Gasteiger partial charge in [-0.1, -0.05) is 25.8 Å². The summed E-state index contributed by atoms with van der Waals surface area (Å²) in [6.45, 7) is 3.22. The number of hydrogen-bond acceptors (Lipinski definition) is 4. The largest absolute Gasteiger partial charge is 0.389 e. The van der Waals surface area contributed by atoms with Crippen LogP contribution in [0.15, 0.2) is 17.5 Å². The second-order valence-corrected chi connectivity index (χ2v) is 6.26. The summed E-state index contributed by atoms with van der Waals surface area (Å²) in [5.74, 6) is 0. The second kappa shape index (κ2) is 8.00. The minimum atomic E-state index is -0.408. The molecule has 2 N–H and O–H groups in total. The summed E-state index contributed by atoms with van der Waals surface area (Å²) >= 11 is 1.77. The molecule has 0 amide bonds. The molecular weight excluding hydrogens is 258 g/mol. The van der Waals surface area contributed by atoms with Gasteiger partial charge in [-0.15, -0.1) is 11.3 Å². The molecule has 0 radical (unpaired) electrons. The van der Waals surface area contributed by atoms with Crippen LogP contribution in [0.2, 0.25) is 0 Å². The summed E-state index contributed by atoms with van der Waals surface area (Å²) in [5, 5.41) is 15.5. The summed E-state index contributed by atoms with van der Waals surface area (Å²) in [6.07, 6.45) is 5.88. The molecule has 1 saturated carbocycles. The van der Waals surface area contributed by atoms with Gasteiger partial charge < -0.3 is 15.2 Å². The lowest BCUT2D eigenvalue weighted by Gasteiger charge is -2.20. The van der Waals surface area contributed by atoms with E-state index in [0.29, 0.717) is 25.3 Å². The lowest BCUT2D eigenvalue weighted by molar-refractivity contribution is -0.00626. The minimum Gasteiger partial charge on any atom is -0.389 e. The number of thiophene rings is 1. The molecule has 0 saturated heterocycles. The molecule has 1 aliphatic rings. The maximum Gasteiger partial charge on any atom is 0.0898 e. The van der Waals surface area contributed by atoms with Crippen molar-refractivity contribution in [3.05, 3.63) is 22.4 Å². The Kier molecular flexibility index (Phi) is 6.31. The third-order valence-electron chi connectivity index (χ3n) is 3.72. The van der Waals surface area contributed by atoms with Crippen molar-refractivity contribution in [3.8, 4) is 0 Å². The summed E-state index contributed by atoms with van der Waals surface area (Å²) < 4.78 is 5.73. The smallest absolute Gasteiger partial charge is 0.0898 e. The number of nitrogens with one attached hydrogen (secondary N) is 1. The number of aliphatic hydroxyl groups excluding tert-OH is 1. The maximum absolute atomic E-state index is 9.97. The Labute approximate surface area is 120 Å². The van der Waals surface area contributed by atoms with Crippen LogP contribution in [0.4, 0.5) is 0 Å². The molecule has 2 unspecified atom stereocenters. The number of aliphatic hydroxyl groups is 1. The van der Waals surface area contributed by atoms with Crippen LogP contribution in [0.25, 0.3) is 0 Å². The van der Waals surface area contributed by atoms with E-state index in [1.165, 1.54) is 17.7 Å². The van der Waals surface area contributed by atoms with Gasteiger partial charge in [-0.3, -0.25) is 0 Å². The van der Waals surface area contributed by atoms with Gasteiger partial charge in [-0.2, -0.15) is 0 Å². The number of hydrogen-bond donors (Lipinski definition) is 2. The average molecular weight is 283 g/mol. The highest BCUT2D eigenvalue weighted by Gasteiger charge is 2.17. The summed E-state index contributed by atoms with van der Waals surface area (Å²) in [6, 6.07) is 4.57. The molecular formula is C15H25NO2S. The fourth-order valence-electron chi connectivity index (χ4n) is 2.58. The molecule has 2 atom stereocenters. The Morgan fingerprint density at radius 3 is 2.89 bits per heavy atom. The lowest BCUT2D eigenvalue weighted by atomic mass is 10.2. The van der Waals surface area contributed by atoms with E-state index in [4.69, 9.17) is 4.74 Å². The highest BCUT2D eigenvalue weighted by molar-refractivity contribution is 7.10. The third-order valence-corrected chi connectivity index (χ3v) is 4.71. The Hall–Kier alpha value is -0.420. The van der Waals surface area contributed by atoms with Crippen molar-refractivity contribution in [3.63, 3.8) is 0 Å². The van der Waals surface area contributed by atoms with Crippen molar-refractivity contribution in [2.24, 2.45) is 0 Å². The van der Waals surface area contributed by atoms with Crippen molar-refractivity contribution >= 4 is 11.3 Å². The van der Waals surface area contributed by atoms with Gasteiger partial charge in [0.05, 0.1) is 18.8 Å². The van der Waals surface area contributed by atoms with Crippen LogP contribution in [0.5, 0.6) is 0 Å². The molecule has 1 aliphatic carbocycles. The standard InChI is InChI=1S/C15H25NO2S/c1-2-14(15-8-5-9-19-15)16-10-12(17)11-18-13-6-3-4-7-13/h5,8-9,12-14,16-17H,2-4,6-7,10-11H2,1H3. The third kappa shape index (κ3) is 4.88. The first kappa shape index (κ1) is 15.0. The first-order chi connectivity index (χ1) is 9.29. The van der Waals surface area contributed by atoms with E-state index in [0.717, 1.165) is 19.3 Å². The van der Waals surface area contributed by atoms with Crippen LogP contribution in [0.1, 0.15) is 49.9 Å². The molecule has 1 aromatic rings. The predicted octanol–water partition coefficient (Wildman–Crippen LogP) is 3.11. The zero-order valence-electron chi connectivity index (χ0n) is 11.7. The van der Waals surface area contributed by atoms with Crippen LogP contribution in [0.3, 0.4) is 0 Å². The second-order valence-electron chi connectivity index (χ2n) is 5.28. The van der Waals surface area contributed by atoms with Gasteiger partial charge in [0.15, 0.2) is 0 Å². The van der Waals surface area contributed by atoms with Crippen LogP contribution < -0.4 is 5.32 Å². The van der Waals surface area contributed by atoms with Gasteiger partial charge >= 0.3 is 0 Å². The van der Waals surface area contributed by atoms with E-state index < -0.39 is 6.10 Å². The van der Waals surface area contributed by atoms with E-state index in [9.17, 15) is 5.11 Å². The van der Waals surface area contributed by atoms with E-state index in [1.54, 1.807) is 11.3 Å². The predicted molar refractivity (Wildman–Crippen MR) is 79.6 cm³/mol. The molecule has 1 aromatic heterocycles. The van der Waals surface area contributed by atoms with Crippen molar-refractivity contribution < 1.29 is 9.84 Å². The molecule has 2 rings (SSSR count). The van der Waals surface area contributed by atoms with Gasteiger partial charge in [-0.25, -0.2) is 0 Å². The molecule has 19 heavy (non-hydrogen) atoms. The summed E-state index contributed by atoms with van der Waals surface area (Å²) in [5.41, 5.74) is 0. The first-order valence-corrected chi connectivity index (χ1v) is 8.24. The van der Waals surface area contributed by atoms with Gasteiger partial charge in [0.1, 0.15) is 0 Å². The Morgan fingerprint density at radius 2 is 2.26 bits per heavy atom. The lowest BCUT2D eigenvalue weighted by Crippen LogP contribution is -2.33. The SMILES string of the molecule is CCC(NCC(O)COC1CCCC1)c1cccs1. The van der Waals surface area contributed by atoms with E-state index in [-0.39, 0.29) is 0 Å².